The van der Waals surface area contributed by atoms with Crippen LogP contribution in [-0.4, -0.2) is 31.2 Å². The molecule has 1 heterocycles. The van der Waals surface area contributed by atoms with E-state index in [0.717, 1.165) is 0 Å². The number of hydrogen-bond donors (Lipinski definition) is 2. The van der Waals surface area contributed by atoms with Crippen molar-refractivity contribution in [2.45, 2.75) is 6.54 Å². The number of nitrogens with zero attached hydrogens (tertiary/aromatic N) is 1. The van der Waals surface area contributed by atoms with E-state index in [-0.39, 0.29) is 12.5 Å². The molecule has 7 heteroatoms. The molecule has 0 atom stereocenters. The highest BCUT2D eigenvalue weighted by Crippen LogP contribution is 2.16. The second-order valence-electron chi connectivity index (χ2n) is 4.56. The molecule has 0 aliphatic rings. The quantitative estimate of drug-likeness (QED) is 0.883. The first-order valence-electron chi connectivity index (χ1n) is 6.84. The summed E-state index contributed by atoms with van der Waals surface area (Å²) < 4.78 is 9.54. The molecular formula is C16H17N3O4. The predicted molar refractivity (Wildman–Crippen MR) is 84.4 cm³/mol. The molecule has 0 radical (unpaired) electrons. The largest absolute Gasteiger partial charge is 0.497 e. The monoisotopic (exact) mass is 315 g/mol. The third-order valence-corrected chi connectivity index (χ3v) is 3.03. The Kier molecular flexibility index (Phi) is 5.51. The van der Waals surface area contributed by atoms with E-state index in [0.29, 0.717) is 22.7 Å². The highest BCUT2D eigenvalue weighted by atomic mass is 16.5. The zero-order valence-electron chi connectivity index (χ0n) is 12.8. The van der Waals surface area contributed by atoms with E-state index in [1.165, 1.54) is 13.3 Å². The molecule has 2 amide bonds. The van der Waals surface area contributed by atoms with Crippen LogP contribution in [0.3, 0.4) is 0 Å². The smallest absolute Gasteiger partial charge is 0.407 e. The van der Waals surface area contributed by atoms with E-state index < -0.39 is 6.09 Å². The second-order valence-corrected chi connectivity index (χ2v) is 4.56. The molecule has 23 heavy (non-hydrogen) atoms. The average Bonchev–Trinajstić information content (AvgIpc) is 2.60. The maximum Gasteiger partial charge on any atom is 0.407 e. The van der Waals surface area contributed by atoms with Crippen molar-refractivity contribution in [2.24, 2.45) is 0 Å². The molecule has 0 saturated carbocycles. The summed E-state index contributed by atoms with van der Waals surface area (Å²) >= 11 is 0. The summed E-state index contributed by atoms with van der Waals surface area (Å²) in [6, 6.07) is 10.2. The third kappa shape index (κ3) is 4.70. The summed E-state index contributed by atoms with van der Waals surface area (Å²) in [4.78, 5) is 27.4. The van der Waals surface area contributed by atoms with Crippen molar-refractivity contribution in [3.05, 3.63) is 53.9 Å². The van der Waals surface area contributed by atoms with E-state index in [4.69, 9.17) is 4.74 Å². The minimum absolute atomic E-state index is 0.177. The Morgan fingerprint density at radius 1 is 1.13 bits per heavy atom. The number of carbonyl (C=O) groups is 2. The minimum atomic E-state index is -0.556. The van der Waals surface area contributed by atoms with Crippen LogP contribution in [0.1, 0.15) is 16.1 Å². The van der Waals surface area contributed by atoms with Gasteiger partial charge in [0, 0.05) is 17.4 Å². The molecule has 2 N–H and O–H groups in total. The minimum Gasteiger partial charge on any atom is -0.497 e. The van der Waals surface area contributed by atoms with Gasteiger partial charge in [0.25, 0.3) is 5.91 Å². The maximum absolute atomic E-state index is 12.2. The number of amides is 2. The van der Waals surface area contributed by atoms with Gasteiger partial charge in [-0.25, -0.2) is 4.79 Å². The molecule has 0 saturated heterocycles. The zero-order valence-corrected chi connectivity index (χ0v) is 12.8. The standard InChI is InChI=1S/C16H17N3O4/c1-22-14-5-3-12(4-6-14)19-15(20)11-7-8-17-13(9-11)10-18-16(21)23-2/h3-9H,10H2,1-2H3,(H,18,21)(H,19,20). The lowest BCUT2D eigenvalue weighted by molar-refractivity contribution is 0.102. The Hall–Kier alpha value is -3.09. The fourth-order valence-electron chi connectivity index (χ4n) is 1.83. The number of ether oxygens (including phenoxy) is 2. The lowest BCUT2D eigenvalue weighted by atomic mass is 10.2. The van der Waals surface area contributed by atoms with Crippen molar-refractivity contribution in [2.75, 3.05) is 19.5 Å². The van der Waals surface area contributed by atoms with Gasteiger partial charge in [-0.2, -0.15) is 0 Å². The number of nitrogens with one attached hydrogen (secondary N) is 2. The van der Waals surface area contributed by atoms with Crippen molar-refractivity contribution >= 4 is 17.7 Å². The molecule has 120 valence electrons. The molecule has 0 aliphatic heterocycles. The lowest BCUT2D eigenvalue weighted by Gasteiger charge is -2.08. The van der Waals surface area contributed by atoms with Gasteiger partial charge >= 0.3 is 6.09 Å². The summed E-state index contributed by atoms with van der Waals surface area (Å²) in [6.45, 7) is 0.177. The first kappa shape index (κ1) is 16.3. The zero-order chi connectivity index (χ0) is 16.7. The fourth-order valence-corrected chi connectivity index (χ4v) is 1.83. The van der Waals surface area contributed by atoms with Crippen LogP contribution in [0, 0.1) is 0 Å². The Morgan fingerprint density at radius 3 is 2.52 bits per heavy atom. The molecule has 2 aromatic rings. The van der Waals surface area contributed by atoms with Crippen molar-refractivity contribution < 1.29 is 19.1 Å². The van der Waals surface area contributed by atoms with E-state index in [2.05, 4.69) is 20.4 Å². The van der Waals surface area contributed by atoms with Gasteiger partial charge in [-0.1, -0.05) is 0 Å². The van der Waals surface area contributed by atoms with Gasteiger partial charge in [0.15, 0.2) is 0 Å². The Labute approximate surface area is 133 Å². The summed E-state index contributed by atoms with van der Waals surface area (Å²) in [5.74, 6) is 0.444. The molecule has 2 rings (SSSR count). The van der Waals surface area contributed by atoms with Gasteiger partial charge in [0.1, 0.15) is 5.75 Å². The number of pyridine rings is 1. The summed E-state index contributed by atoms with van der Waals surface area (Å²) in [5.41, 5.74) is 1.65. The molecule has 0 fully saturated rings. The van der Waals surface area contributed by atoms with E-state index >= 15 is 0 Å². The topological polar surface area (TPSA) is 89.5 Å². The van der Waals surface area contributed by atoms with Crippen LogP contribution in [0.2, 0.25) is 0 Å². The van der Waals surface area contributed by atoms with Crippen LogP contribution in [0.15, 0.2) is 42.6 Å². The molecule has 7 nitrogen and oxygen atoms in total. The van der Waals surface area contributed by atoms with Crippen molar-refractivity contribution in [3.8, 4) is 5.75 Å². The number of benzene rings is 1. The molecule has 1 aromatic carbocycles. The van der Waals surface area contributed by atoms with Gasteiger partial charge in [-0.05, 0) is 36.4 Å². The molecule has 0 spiro atoms. The molecule has 0 unspecified atom stereocenters. The molecule has 0 bridgehead atoms. The van der Waals surface area contributed by atoms with Crippen LogP contribution in [0.25, 0.3) is 0 Å². The Bertz CT molecular complexity index is 686. The number of carbonyl (C=O) groups excluding carboxylic acids is 2. The van der Waals surface area contributed by atoms with Crippen LogP contribution in [-0.2, 0) is 11.3 Å². The first-order valence-corrected chi connectivity index (χ1v) is 6.84. The highest BCUT2D eigenvalue weighted by molar-refractivity contribution is 6.04. The molecule has 1 aromatic heterocycles. The second kappa shape index (κ2) is 7.79. The normalized spacial score (nSPS) is 9.83. The van der Waals surface area contributed by atoms with E-state index in [9.17, 15) is 9.59 Å². The predicted octanol–water partition coefficient (Wildman–Crippen LogP) is 2.20. The van der Waals surface area contributed by atoms with Crippen LogP contribution in [0.5, 0.6) is 5.75 Å². The van der Waals surface area contributed by atoms with Gasteiger partial charge in [-0.15, -0.1) is 0 Å². The van der Waals surface area contributed by atoms with Crippen LogP contribution < -0.4 is 15.4 Å². The Balaban J connectivity index is 2.02. The first-order chi connectivity index (χ1) is 11.1. The van der Waals surface area contributed by atoms with Crippen molar-refractivity contribution in [3.63, 3.8) is 0 Å². The van der Waals surface area contributed by atoms with Crippen LogP contribution >= 0.6 is 0 Å². The number of alkyl carbamates (subject to hydrolysis) is 1. The molecule has 0 aliphatic carbocycles. The number of rotatable bonds is 5. The maximum atomic E-state index is 12.2. The summed E-state index contributed by atoms with van der Waals surface area (Å²) in [6.07, 6.45) is 0.955. The van der Waals surface area contributed by atoms with E-state index in [1.54, 1.807) is 43.5 Å². The number of anilines is 1. The van der Waals surface area contributed by atoms with Gasteiger partial charge in [0.05, 0.1) is 26.5 Å². The van der Waals surface area contributed by atoms with E-state index in [1.807, 2.05) is 0 Å². The van der Waals surface area contributed by atoms with Gasteiger partial charge in [-0.3, -0.25) is 9.78 Å². The van der Waals surface area contributed by atoms with Crippen molar-refractivity contribution in [1.82, 2.24) is 10.3 Å². The average molecular weight is 315 g/mol. The number of aromatic nitrogens is 1. The molecular weight excluding hydrogens is 298 g/mol. The summed E-state index contributed by atoms with van der Waals surface area (Å²) in [7, 11) is 2.86. The fraction of sp³-hybridized carbons (Fsp3) is 0.188. The lowest BCUT2D eigenvalue weighted by Crippen LogP contribution is -2.23. The number of methoxy groups -OCH3 is 2. The van der Waals surface area contributed by atoms with Gasteiger partial charge < -0.3 is 20.1 Å². The van der Waals surface area contributed by atoms with Crippen LogP contribution in [0.4, 0.5) is 10.5 Å². The number of hydrogen-bond acceptors (Lipinski definition) is 5. The third-order valence-electron chi connectivity index (χ3n) is 3.03. The summed E-state index contributed by atoms with van der Waals surface area (Å²) in [5, 5.41) is 5.29. The van der Waals surface area contributed by atoms with Crippen molar-refractivity contribution in [1.29, 1.82) is 0 Å². The highest BCUT2D eigenvalue weighted by Gasteiger charge is 2.08. The Morgan fingerprint density at radius 2 is 1.87 bits per heavy atom. The van der Waals surface area contributed by atoms with Gasteiger partial charge in [0.2, 0.25) is 0 Å². The SMILES string of the molecule is COC(=O)NCc1cc(C(=O)Nc2ccc(OC)cc2)ccn1.